The van der Waals surface area contributed by atoms with E-state index in [1.807, 2.05) is 6.07 Å². The number of allylic oxidation sites excluding steroid dienone is 1. The van der Waals surface area contributed by atoms with E-state index in [4.69, 9.17) is 19.5 Å². The van der Waals surface area contributed by atoms with Crippen molar-refractivity contribution < 1.29 is 23.5 Å². The van der Waals surface area contributed by atoms with Crippen molar-refractivity contribution in [2.75, 3.05) is 14.2 Å². The summed E-state index contributed by atoms with van der Waals surface area (Å²) in [7, 11) is -1.18. The van der Waals surface area contributed by atoms with E-state index < -0.39 is 13.3 Å². The normalized spacial score (nSPS) is 18.1. The molecule has 0 amide bonds. The Labute approximate surface area is 115 Å². The van der Waals surface area contributed by atoms with Crippen molar-refractivity contribution in [3.05, 3.63) is 35.2 Å². The van der Waals surface area contributed by atoms with Crippen molar-refractivity contribution in [1.29, 1.82) is 5.26 Å². The lowest BCUT2D eigenvalue weighted by atomic mass is 10.0. The minimum atomic E-state index is -3.64. The van der Waals surface area contributed by atoms with Gasteiger partial charge in [-0.3, -0.25) is 4.57 Å². The van der Waals surface area contributed by atoms with Crippen LogP contribution in [0.5, 0.6) is 11.5 Å². The van der Waals surface area contributed by atoms with E-state index in [0.29, 0.717) is 5.56 Å². The molecule has 0 fully saturated rings. The van der Waals surface area contributed by atoms with Gasteiger partial charge in [0, 0.05) is 25.8 Å². The summed E-state index contributed by atoms with van der Waals surface area (Å²) in [5.74, 6) is -0.0221. The molecule has 1 aliphatic heterocycles. The van der Waals surface area contributed by atoms with Gasteiger partial charge >= 0.3 is 7.60 Å². The molecule has 7 nitrogen and oxygen atoms in total. The zero-order valence-corrected chi connectivity index (χ0v) is 11.8. The summed E-state index contributed by atoms with van der Waals surface area (Å²) in [5, 5.41) is 18.7. The minimum absolute atomic E-state index is 0.0322. The first-order valence-corrected chi connectivity index (χ1v) is 7.19. The van der Waals surface area contributed by atoms with Crippen LogP contribution in [0.15, 0.2) is 29.7 Å². The maximum Gasteiger partial charge on any atom is 0.343 e. The highest BCUT2D eigenvalue weighted by Gasteiger charge is 2.44. The van der Waals surface area contributed by atoms with Crippen LogP contribution in [-0.2, 0) is 13.6 Å². The molecule has 1 heterocycles. The van der Waals surface area contributed by atoms with Crippen LogP contribution in [-0.4, -0.2) is 19.3 Å². The lowest BCUT2D eigenvalue weighted by Gasteiger charge is -2.29. The van der Waals surface area contributed by atoms with E-state index in [9.17, 15) is 14.9 Å². The fourth-order valence-electron chi connectivity index (χ4n) is 2.03. The Morgan fingerprint density at radius 3 is 2.65 bits per heavy atom. The van der Waals surface area contributed by atoms with Crippen LogP contribution in [0.3, 0.4) is 0 Å². The molecular formula is C12H13N2O5P. The van der Waals surface area contributed by atoms with Crippen molar-refractivity contribution in [2.24, 2.45) is 5.73 Å². The molecule has 0 spiro atoms. The molecule has 1 aliphatic rings. The fourth-order valence-corrected chi connectivity index (χ4v) is 3.66. The van der Waals surface area contributed by atoms with Crippen LogP contribution < -0.4 is 10.5 Å². The van der Waals surface area contributed by atoms with Crippen molar-refractivity contribution in [3.8, 4) is 17.6 Å². The lowest BCUT2D eigenvalue weighted by Crippen LogP contribution is -2.21. The van der Waals surface area contributed by atoms with Gasteiger partial charge < -0.3 is 24.6 Å². The first-order valence-electron chi connectivity index (χ1n) is 5.58. The number of rotatable bonds is 3. The van der Waals surface area contributed by atoms with E-state index in [1.54, 1.807) is 0 Å². The van der Waals surface area contributed by atoms with Crippen molar-refractivity contribution in [1.82, 2.24) is 0 Å². The van der Waals surface area contributed by atoms with Gasteiger partial charge in [-0.15, -0.1) is 0 Å². The Kier molecular flexibility index (Phi) is 3.73. The Balaban J connectivity index is 2.70. The van der Waals surface area contributed by atoms with Crippen molar-refractivity contribution >= 4 is 7.60 Å². The molecule has 20 heavy (non-hydrogen) atoms. The second kappa shape index (κ2) is 5.17. The highest BCUT2D eigenvalue weighted by atomic mass is 31.2. The topological polar surface area (TPSA) is 115 Å². The zero-order valence-electron chi connectivity index (χ0n) is 10.9. The van der Waals surface area contributed by atoms with Crippen LogP contribution in [0.2, 0.25) is 0 Å². The number of hydrogen-bond donors (Lipinski definition) is 2. The maximum atomic E-state index is 12.7. The van der Waals surface area contributed by atoms with Crippen LogP contribution in [0.4, 0.5) is 0 Å². The molecule has 1 aromatic carbocycles. The molecule has 0 aliphatic carbocycles. The summed E-state index contributed by atoms with van der Waals surface area (Å²) >= 11 is 0. The molecule has 106 valence electrons. The Hall–Kier alpha value is -2.00. The third-order valence-corrected chi connectivity index (χ3v) is 5.18. The quantitative estimate of drug-likeness (QED) is 0.819. The number of nitriles is 1. The Bertz CT molecular complexity index is 656. The van der Waals surface area contributed by atoms with Crippen LogP contribution in [0, 0.1) is 11.3 Å². The summed E-state index contributed by atoms with van der Waals surface area (Å²) in [4.78, 5) is 0. The Morgan fingerprint density at radius 2 is 2.10 bits per heavy atom. The van der Waals surface area contributed by atoms with E-state index in [2.05, 4.69) is 0 Å². The number of ether oxygens (including phenoxy) is 1. The van der Waals surface area contributed by atoms with Crippen molar-refractivity contribution in [3.63, 3.8) is 0 Å². The van der Waals surface area contributed by atoms with Gasteiger partial charge in [-0.05, 0) is 6.07 Å². The number of benzene rings is 1. The third-order valence-electron chi connectivity index (χ3n) is 3.00. The fraction of sp³-hybridized carbons (Fsp3) is 0.250. The van der Waals surface area contributed by atoms with Gasteiger partial charge in [0.05, 0.1) is 0 Å². The second-order valence-electron chi connectivity index (χ2n) is 4.02. The maximum absolute atomic E-state index is 12.7. The standard InChI is InChI=1S/C12H13N2O5P/c1-17-20(16,18-2)11-8-4-3-7(15)5-10(8)19-12(14)9(11)6-13/h3-5,11,15H,14H2,1-2H3. The van der Waals surface area contributed by atoms with Crippen LogP contribution in [0.25, 0.3) is 0 Å². The predicted octanol–water partition coefficient (Wildman–Crippen LogP) is 2.01. The molecular weight excluding hydrogens is 283 g/mol. The zero-order chi connectivity index (χ0) is 14.9. The lowest BCUT2D eigenvalue weighted by molar-refractivity contribution is 0.266. The second-order valence-corrected chi connectivity index (χ2v) is 6.35. The molecule has 0 radical (unpaired) electrons. The van der Waals surface area contributed by atoms with Crippen LogP contribution in [0.1, 0.15) is 11.2 Å². The van der Waals surface area contributed by atoms with Crippen molar-refractivity contribution in [2.45, 2.75) is 5.66 Å². The number of fused-ring (bicyclic) bond motifs is 1. The van der Waals surface area contributed by atoms with Gasteiger partial charge in [0.2, 0.25) is 5.88 Å². The highest BCUT2D eigenvalue weighted by molar-refractivity contribution is 7.54. The molecule has 1 aromatic rings. The molecule has 0 saturated carbocycles. The number of nitrogens with zero attached hydrogens (tertiary/aromatic N) is 1. The number of hydrogen-bond acceptors (Lipinski definition) is 7. The molecule has 2 rings (SSSR count). The summed E-state index contributed by atoms with van der Waals surface area (Å²) in [6.45, 7) is 0. The van der Waals surface area contributed by atoms with E-state index in [0.717, 1.165) is 0 Å². The number of phenols is 1. The molecule has 8 heteroatoms. The summed E-state index contributed by atoms with van der Waals surface area (Å²) in [6, 6.07) is 6.07. The average molecular weight is 296 g/mol. The molecule has 1 atom stereocenters. The van der Waals surface area contributed by atoms with Gasteiger partial charge in [0.1, 0.15) is 28.8 Å². The van der Waals surface area contributed by atoms with Gasteiger partial charge in [0.25, 0.3) is 0 Å². The Morgan fingerprint density at radius 1 is 1.45 bits per heavy atom. The summed E-state index contributed by atoms with van der Waals surface area (Å²) in [6.07, 6.45) is 0. The summed E-state index contributed by atoms with van der Waals surface area (Å²) in [5.41, 5.74) is 5.05. The molecule has 0 bridgehead atoms. The highest BCUT2D eigenvalue weighted by Crippen LogP contribution is 2.65. The van der Waals surface area contributed by atoms with Gasteiger partial charge in [-0.25, -0.2) is 0 Å². The average Bonchev–Trinajstić information content (AvgIpc) is 2.44. The van der Waals surface area contributed by atoms with E-state index >= 15 is 0 Å². The monoisotopic (exact) mass is 296 g/mol. The smallest absolute Gasteiger partial charge is 0.343 e. The number of nitrogens with two attached hydrogens (primary N) is 1. The molecule has 3 N–H and O–H groups in total. The molecule has 0 saturated heterocycles. The number of aromatic hydroxyl groups is 1. The molecule has 1 unspecified atom stereocenters. The van der Waals surface area contributed by atoms with Gasteiger partial charge in [-0.2, -0.15) is 5.26 Å². The summed E-state index contributed by atoms with van der Waals surface area (Å²) < 4.78 is 27.9. The van der Waals surface area contributed by atoms with Gasteiger partial charge in [0.15, 0.2) is 0 Å². The van der Waals surface area contributed by atoms with E-state index in [-0.39, 0.29) is 23.0 Å². The SMILES string of the molecule is COP(=O)(OC)C1C(C#N)=C(N)Oc2cc(O)ccc21. The first-order chi connectivity index (χ1) is 9.46. The third kappa shape index (κ3) is 2.14. The largest absolute Gasteiger partial charge is 0.508 e. The van der Waals surface area contributed by atoms with Crippen LogP contribution >= 0.6 is 7.60 Å². The van der Waals surface area contributed by atoms with E-state index in [1.165, 1.54) is 32.4 Å². The first kappa shape index (κ1) is 14.4. The predicted molar refractivity (Wildman–Crippen MR) is 69.9 cm³/mol. The number of phenolic OH excluding ortho intramolecular Hbond substituents is 1. The minimum Gasteiger partial charge on any atom is -0.508 e. The van der Waals surface area contributed by atoms with Gasteiger partial charge in [-0.1, -0.05) is 6.07 Å². The molecule has 0 aromatic heterocycles.